The Balaban J connectivity index is 1.78. The zero-order chi connectivity index (χ0) is 24.1. The van der Waals surface area contributed by atoms with Crippen molar-refractivity contribution in [2.45, 2.75) is 13.1 Å². The van der Waals surface area contributed by atoms with Gasteiger partial charge in [0.15, 0.2) is 5.82 Å². The van der Waals surface area contributed by atoms with Gasteiger partial charge in [0.25, 0.3) is 0 Å². The van der Waals surface area contributed by atoms with Crippen LogP contribution in [0.25, 0.3) is 0 Å². The minimum absolute atomic E-state index is 0.134. The summed E-state index contributed by atoms with van der Waals surface area (Å²) < 4.78 is 26.5. The molecule has 2 aromatic heterocycles. The third-order valence-corrected chi connectivity index (χ3v) is 6.41. The highest BCUT2D eigenvalue weighted by molar-refractivity contribution is 7.57. The van der Waals surface area contributed by atoms with Crippen LogP contribution in [-0.2, 0) is 26.7 Å². The Labute approximate surface area is 193 Å². The van der Waals surface area contributed by atoms with Gasteiger partial charge in [0.2, 0.25) is 0 Å². The van der Waals surface area contributed by atoms with Crippen molar-refractivity contribution in [3.63, 3.8) is 0 Å². The van der Waals surface area contributed by atoms with Crippen molar-refractivity contribution in [2.75, 3.05) is 14.2 Å². The summed E-state index contributed by atoms with van der Waals surface area (Å²) in [5.74, 6) is 0.680. The minimum Gasteiger partial charge on any atom is -0.309 e. The molecule has 34 heavy (non-hydrogen) atoms. The number of nitrogens with zero attached hydrogens (tertiary/aromatic N) is 8. The molecule has 0 bridgehead atoms. The number of hydrogen-bond acceptors (Lipinski definition) is 9. The second-order valence-electron chi connectivity index (χ2n) is 7.03. The lowest BCUT2D eigenvalue weighted by atomic mass is 10.2. The fraction of sp³-hybridized carbons (Fsp3) is 0.200. The Morgan fingerprint density at radius 2 is 1.18 bits per heavy atom. The molecule has 0 unspecified atom stereocenters. The van der Waals surface area contributed by atoms with Crippen LogP contribution in [0.5, 0.6) is 0 Å². The van der Waals surface area contributed by atoms with Crippen molar-refractivity contribution in [1.29, 1.82) is 0 Å². The van der Waals surface area contributed by atoms with Crippen molar-refractivity contribution in [3.8, 4) is 0 Å². The molecule has 176 valence electrons. The van der Waals surface area contributed by atoms with Crippen molar-refractivity contribution in [1.82, 2.24) is 39.6 Å². The standard InChI is InChI=1S/C20H21N8O5P/c1-32-34(31,33-2)15-18(27-19(29)25(21-23-27)13-16-9-5-3-6-10-16)28-20(30)26(22-24-28)14-17-11-7-4-8-12-17/h3-12,15H,13-14H2,1-2H3. The van der Waals surface area contributed by atoms with E-state index in [4.69, 9.17) is 9.05 Å². The van der Waals surface area contributed by atoms with Crippen LogP contribution in [0.1, 0.15) is 11.1 Å². The average Bonchev–Trinajstić information content (AvgIpc) is 3.41. The van der Waals surface area contributed by atoms with Gasteiger partial charge >= 0.3 is 19.0 Å². The molecule has 0 aliphatic heterocycles. The summed E-state index contributed by atoms with van der Waals surface area (Å²) in [4.78, 5) is 26.2. The number of tetrazole rings is 2. The Morgan fingerprint density at radius 3 is 1.56 bits per heavy atom. The zero-order valence-corrected chi connectivity index (χ0v) is 19.2. The summed E-state index contributed by atoms with van der Waals surface area (Å²) in [6, 6.07) is 18.3. The van der Waals surface area contributed by atoms with E-state index in [0.29, 0.717) is 0 Å². The molecule has 14 heteroatoms. The lowest BCUT2D eigenvalue weighted by Crippen LogP contribution is -2.35. The molecule has 2 heterocycles. The molecule has 0 spiro atoms. The first kappa shape index (κ1) is 23.2. The minimum atomic E-state index is -3.86. The van der Waals surface area contributed by atoms with Crippen LogP contribution in [-0.4, -0.2) is 53.8 Å². The molecule has 13 nitrogen and oxygen atoms in total. The van der Waals surface area contributed by atoms with Crippen LogP contribution in [0.2, 0.25) is 0 Å². The molecule has 0 saturated carbocycles. The van der Waals surface area contributed by atoms with Gasteiger partial charge < -0.3 is 9.05 Å². The van der Waals surface area contributed by atoms with Gasteiger partial charge in [-0.05, 0) is 32.0 Å². The molecule has 4 aromatic rings. The van der Waals surface area contributed by atoms with Gasteiger partial charge in [-0.2, -0.15) is 9.36 Å². The first-order valence-electron chi connectivity index (χ1n) is 10.0. The number of rotatable bonds is 9. The van der Waals surface area contributed by atoms with E-state index in [1.807, 2.05) is 60.7 Å². The van der Waals surface area contributed by atoms with Crippen molar-refractivity contribution in [2.24, 2.45) is 0 Å². The fourth-order valence-corrected chi connectivity index (χ4v) is 3.93. The van der Waals surface area contributed by atoms with E-state index in [1.54, 1.807) is 0 Å². The van der Waals surface area contributed by atoms with Crippen molar-refractivity contribution in [3.05, 3.63) is 104 Å². The van der Waals surface area contributed by atoms with Gasteiger partial charge in [0.05, 0.1) is 18.9 Å². The molecule has 0 radical (unpaired) electrons. The normalized spacial score (nSPS) is 11.5. The monoisotopic (exact) mass is 484 g/mol. The van der Waals surface area contributed by atoms with E-state index >= 15 is 0 Å². The maximum absolute atomic E-state index is 13.1. The Morgan fingerprint density at radius 1 is 0.765 bits per heavy atom. The number of aromatic nitrogens is 8. The highest BCUT2D eigenvalue weighted by atomic mass is 31.2. The summed E-state index contributed by atoms with van der Waals surface area (Å²) >= 11 is 0. The van der Waals surface area contributed by atoms with E-state index < -0.39 is 19.0 Å². The highest BCUT2D eigenvalue weighted by Gasteiger charge is 2.26. The van der Waals surface area contributed by atoms with Crippen LogP contribution in [0.3, 0.4) is 0 Å². The highest BCUT2D eigenvalue weighted by Crippen LogP contribution is 2.48. The molecule has 0 fully saturated rings. The molecule has 0 aliphatic carbocycles. The SMILES string of the molecule is COP(=O)(C=C(n1nnn(Cc2ccccc2)c1=O)n1nnn(Cc2ccccc2)c1=O)OC. The van der Waals surface area contributed by atoms with Gasteiger partial charge in [0.1, 0.15) is 0 Å². The lowest BCUT2D eigenvalue weighted by Gasteiger charge is -2.11. The van der Waals surface area contributed by atoms with Gasteiger partial charge in [-0.25, -0.2) is 9.59 Å². The van der Waals surface area contributed by atoms with E-state index in [2.05, 4.69) is 20.9 Å². The molecular weight excluding hydrogens is 463 g/mol. The van der Waals surface area contributed by atoms with Crippen molar-refractivity contribution < 1.29 is 13.6 Å². The quantitative estimate of drug-likeness (QED) is 0.317. The Bertz CT molecular complexity index is 1350. The third kappa shape index (κ3) is 4.86. The maximum Gasteiger partial charge on any atom is 0.370 e. The van der Waals surface area contributed by atoms with Gasteiger partial charge in [-0.3, -0.25) is 4.57 Å². The first-order valence-corrected chi connectivity index (χ1v) is 11.6. The first-order chi connectivity index (χ1) is 16.4. The van der Waals surface area contributed by atoms with Gasteiger partial charge in [0, 0.05) is 14.2 Å². The summed E-state index contributed by atoms with van der Waals surface area (Å²) in [6.07, 6.45) is 0. The summed E-state index contributed by atoms with van der Waals surface area (Å²) in [7, 11) is -1.52. The maximum atomic E-state index is 13.1. The summed E-state index contributed by atoms with van der Waals surface area (Å²) in [6.45, 7) is 0.267. The molecule has 4 rings (SSSR count). The zero-order valence-electron chi connectivity index (χ0n) is 18.3. The second-order valence-corrected chi connectivity index (χ2v) is 9.09. The fourth-order valence-electron chi connectivity index (χ4n) is 3.07. The lowest BCUT2D eigenvalue weighted by molar-refractivity contribution is 0.285. The van der Waals surface area contributed by atoms with Crippen LogP contribution in [0.15, 0.2) is 76.1 Å². The molecule has 0 amide bonds. The molecule has 0 N–H and O–H groups in total. The second kappa shape index (κ2) is 9.91. The van der Waals surface area contributed by atoms with E-state index in [0.717, 1.165) is 35.7 Å². The van der Waals surface area contributed by atoms with Crippen LogP contribution >= 0.6 is 7.60 Å². The average molecular weight is 484 g/mol. The number of hydrogen-bond donors (Lipinski definition) is 0. The number of benzene rings is 2. The van der Waals surface area contributed by atoms with Crippen LogP contribution in [0, 0.1) is 5.82 Å². The predicted octanol–water partition coefficient (Wildman–Crippen LogP) is 0.897. The van der Waals surface area contributed by atoms with Crippen molar-refractivity contribution >= 4 is 7.60 Å². The molecule has 0 atom stereocenters. The largest absolute Gasteiger partial charge is 0.370 e. The molecule has 0 saturated heterocycles. The summed E-state index contributed by atoms with van der Waals surface area (Å²) in [5.41, 5.74) is 0.233. The molecular formula is C20H21N8O5P. The molecule has 0 aliphatic rings. The van der Waals surface area contributed by atoms with Gasteiger partial charge in [-0.1, -0.05) is 60.7 Å². The molecule has 2 aromatic carbocycles. The van der Waals surface area contributed by atoms with E-state index in [-0.39, 0.29) is 18.9 Å². The Hall–Kier alpha value is -3.93. The van der Waals surface area contributed by atoms with Crippen LogP contribution in [0.4, 0.5) is 0 Å². The van der Waals surface area contributed by atoms with E-state index in [9.17, 15) is 14.2 Å². The summed E-state index contributed by atoms with van der Waals surface area (Å²) in [5, 5.41) is 15.5. The van der Waals surface area contributed by atoms with E-state index in [1.165, 1.54) is 14.2 Å². The smallest absolute Gasteiger partial charge is 0.309 e. The Kier molecular flexibility index (Phi) is 6.77. The third-order valence-electron chi connectivity index (χ3n) is 4.85. The topological polar surface area (TPSA) is 141 Å². The van der Waals surface area contributed by atoms with Gasteiger partial charge in [-0.15, -0.1) is 9.36 Å². The predicted molar refractivity (Wildman–Crippen MR) is 120 cm³/mol. The van der Waals surface area contributed by atoms with Crippen LogP contribution < -0.4 is 11.4 Å².